The van der Waals surface area contributed by atoms with Crippen molar-refractivity contribution in [3.63, 3.8) is 0 Å². The second-order valence-electron chi connectivity index (χ2n) is 8.31. The third-order valence-electron chi connectivity index (χ3n) is 5.03. The van der Waals surface area contributed by atoms with Crippen LogP contribution in [0.25, 0.3) is 0 Å². The van der Waals surface area contributed by atoms with Crippen LogP contribution in [-0.4, -0.2) is 61.9 Å². The molecule has 0 aliphatic heterocycles. The minimum absolute atomic E-state index is 0.0514. The van der Waals surface area contributed by atoms with Crippen molar-refractivity contribution in [1.82, 2.24) is 10.6 Å². The minimum Gasteiger partial charge on any atom is -0.379 e. The van der Waals surface area contributed by atoms with Gasteiger partial charge in [-0.1, -0.05) is 12.2 Å². The first-order valence-corrected chi connectivity index (χ1v) is 11.9. The highest BCUT2D eigenvalue weighted by Crippen LogP contribution is 2.35. The molecule has 0 bridgehead atoms. The fraction of sp³-hybridized carbons (Fsp3) is 0.583. The Hall–Kier alpha value is -2.59. The molecule has 2 N–H and O–H groups in total. The number of rotatable bonds is 14. The van der Waals surface area contributed by atoms with Crippen LogP contribution in [0, 0.1) is 11.3 Å². The quantitative estimate of drug-likeness (QED) is 0.280. The predicted molar refractivity (Wildman–Crippen MR) is 134 cm³/mol. The summed E-state index contributed by atoms with van der Waals surface area (Å²) in [6.07, 6.45) is -4.12. The van der Waals surface area contributed by atoms with Gasteiger partial charge in [-0.05, 0) is 58.9 Å². The summed E-state index contributed by atoms with van der Waals surface area (Å²) in [5.74, 6) is -0.732. The lowest BCUT2D eigenvalue weighted by Gasteiger charge is -2.32. The van der Waals surface area contributed by atoms with Gasteiger partial charge in [-0.3, -0.25) is 14.5 Å². The SMILES string of the molecule is CCOCCOCCNC(=O)CCCNC(C)(C)C(=O)N(C(C)=S)c1ccc(C#N)c(C(F)(F)F)c1. The number of nitrogens with one attached hydrogen (secondary N) is 2. The van der Waals surface area contributed by atoms with E-state index in [1.807, 2.05) is 6.92 Å². The number of ether oxygens (including phenoxy) is 2. The monoisotopic (exact) mass is 530 g/mol. The first kappa shape index (κ1) is 31.4. The summed E-state index contributed by atoms with van der Waals surface area (Å²) in [4.78, 5) is 26.3. The molecule has 0 heterocycles. The number of benzene rings is 1. The van der Waals surface area contributed by atoms with Crippen LogP contribution in [0.15, 0.2) is 18.2 Å². The lowest BCUT2D eigenvalue weighted by molar-refractivity contribution is -0.137. The number of nitriles is 1. The molecular formula is C24H33F3N4O4S. The average Bonchev–Trinajstić information content (AvgIpc) is 2.80. The lowest BCUT2D eigenvalue weighted by Crippen LogP contribution is -2.55. The maximum Gasteiger partial charge on any atom is 0.417 e. The Bertz CT molecular complexity index is 948. The van der Waals surface area contributed by atoms with E-state index in [0.717, 1.165) is 17.0 Å². The van der Waals surface area contributed by atoms with Crippen LogP contribution in [0.3, 0.4) is 0 Å². The molecule has 0 aliphatic carbocycles. The number of carbonyl (C=O) groups is 2. The topological polar surface area (TPSA) is 104 Å². The van der Waals surface area contributed by atoms with Crippen molar-refractivity contribution >= 4 is 34.7 Å². The maximum atomic E-state index is 13.4. The number of hydrogen-bond donors (Lipinski definition) is 2. The first-order valence-electron chi connectivity index (χ1n) is 11.5. The van der Waals surface area contributed by atoms with Gasteiger partial charge in [-0.25, -0.2) is 0 Å². The molecule has 36 heavy (non-hydrogen) atoms. The number of alkyl halides is 3. The zero-order chi connectivity index (χ0) is 27.4. The Balaban J connectivity index is 2.67. The number of nitrogens with zero attached hydrogens (tertiary/aromatic N) is 2. The van der Waals surface area contributed by atoms with Gasteiger partial charge >= 0.3 is 6.18 Å². The van der Waals surface area contributed by atoms with Crippen LogP contribution in [0.5, 0.6) is 0 Å². The van der Waals surface area contributed by atoms with Crippen molar-refractivity contribution in [2.45, 2.75) is 52.3 Å². The normalized spacial score (nSPS) is 11.6. The summed E-state index contributed by atoms with van der Waals surface area (Å²) < 4.78 is 50.7. The summed E-state index contributed by atoms with van der Waals surface area (Å²) in [5.41, 5.74) is -2.98. The maximum absolute atomic E-state index is 13.4. The first-order chi connectivity index (χ1) is 16.8. The van der Waals surface area contributed by atoms with Crippen LogP contribution in [0.1, 0.15) is 51.7 Å². The fourth-order valence-corrected chi connectivity index (χ4v) is 3.35. The Labute approximate surface area is 215 Å². The number of carbonyl (C=O) groups excluding carboxylic acids is 2. The van der Waals surface area contributed by atoms with E-state index in [4.69, 9.17) is 27.0 Å². The molecule has 0 atom stereocenters. The Morgan fingerprint density at radius 2 is 1.81 bits per heavy atom. The molecule has 1 rings (SSSR count). The highest BCUT2D eigenvalue weighted by Gasteiger charge is 2.37. The summed E-state index contributed by atoms with van der Waals surface area (Å²) in [7, 11) is 0. The molecule has 200 valence electrons. The van der Waals surface area contributed by atoms with Gasteiger partial charge in [0.25, 0.3) is 5.91 Å². The van der Waals surface area contributed by atoms with Crippen molar-refractivity contribution in [3.05, 3.63) is 29.3 Å². The standard InChI is InChI=1S/C24H33F3N4O4S/c1-5-34-13-14-35-12-11-29-21(32)7-6-10-30-23(3,4)22(33)31(17(2)36)19-9-8-18(16-28)20(15-19)24(25,26)27/h8-9,15,30H,5-7,10-14H2,1-4H3,(H,29,32). The molecule has 2 amide bonds. The van der Waals surface area contributed by atoms with Crippen molar-refractivity contribution in [2.75, 3.05) is 44.4 Å². The Kier molecular flexibility index (Phi) is 13.0. The molecule has 12 heteroatoms. The van der Waals surface area contributed by atoms with E-state index in [0.29, 0.717) is 45.9 Å². The third kappa shape index (κ3) is 10.2. The molecule has 0 spiro atoms. The van der Waals surface area contributed by atoms with E-state index in [1.54, 1.807) is 13.8 Å². The Morgan fingerprint density at radius 3 is 2.39 bits per heavy atom. The predicted octanol–water partition coefficient (Wildman–Crippen LogP) is 3.58. The molecule has 0 radical (unpaired) electrons. The largest absolute Gasteiger partial charge is 0.417 e. The van der Waals surface area contributed by atoms with Gasteiger partial charge in [0.15, 0.2) is 0 Å². The second-order valence-corrected chi connectivity index (χ2v) is 8.90. The van der Waals surface area contributed by atoms with Gasteiger partial charge in [0.2, 0.25) is 5.91 Å². The number of thiocarbonyl (C=S) groups is 1. The molecule has 0 aromatic heterocycles. The fourth-order valence-electron chi connectivity index (χ4n) is 3.17. The molecule has 1 aromatic carbocycles. The molecule has 0 saturated carbocycles. The van der Waals surface area contributed by atoms with Crippen LogP contribution < -0.4 is 15.5 Å². The lowest BCUT2D eigenvalue weighted by atomic mass is 10.0. The van der Waals surface area contributed by atoms with E-state index in [1.165, 1.54) is 19.1 Å². The van der Waals surface area contributed by atoms with Gasteiger partial charge < -0.3 is 20.1 Å². The van der Waals surface area contributed by atoms with Crippen molar-refractivity contribution in [2.24, 2.45) is 0 Å². The average molecular weight is 531 g/mol. The van der Waals surface area contributed by atoms with Gasteiger partial charge in [0.1, 0.15) is 0 Å². The van der Waals surface area contributed by atoms with Crippen molar-refractivity contribution in [1.29, 1.82) is 5.26 Å². The van der Waals surface area contributed by atoms with E-state index in [2.05, 4.69) is 10.6 Å². The zero-order valence-electron chi connectivity index (χ0n) is 21.0. The molecular weight excluding hydrogens is 497 g/mol. The molecule has 0 aliphatic rings. The van der Waals surface area contributed by atoms with Crippen molar-refractivity contribution < 1.29 is 32.2 Å². The summed E-state index contributed by atoms with van der Waals surface area (Å²) in [6, 6.07) is 4.52. The van der Waals surface area contributed by atoms with E-state index in [9.17, 15) is 22.8 Å². The summed E-state index contributed by atoms with van der Waals surface area (Å²) in [5, 5.41) is 14.8. The van der Waals surface area contributed by atoms with Gasteiger partial charge in [-0.2, -0.15) is 18.4 Å². The molecule has 0 saturated heterocycles. The van der Waals surface area contributed by atoms with E-state index in [-0.39, 0.29) is 23.0 Å². The van der Waals surface area contributed by atoms with Crippen LogP contribution in [-0.2, 0) is 25.2 Å². The van der Waals surface area contributed by atoms with Crippen LogP contribution in [0.4, 0.5) is 18.9 Å². The van der Waals surface area contributed by atoms with Crippen molar-refractivity contribution in [3.8, 4) is 6.07 Å². The zero-order valence-corrected chi connectivity index (χ0v) is 21.8. The Morgan fingerprint density at radius 1 is 1.14 bits per heavy atom. The molecule has 0 fully saturated rings. The number of amides is 2. The summed E-state index contributed by atoms with van der Waals surface area (Å²) in [6.45, 7) is 9.10. The molecule has 8 nitrogen and oxygen atoms in total. The number of anilines is 1. The van der Waals surface area contributed by atoms with Crippen LogP contribution >= 0.6 is 12.2 Å². The smallest absolute Gasteiger partial charge is 0.379 e. The molecule has 0 unspecified atom stereocenters. The van der Waals surface area contributed by atoms with E-state index < -0.39 is 28.7 Å². The van der Waals surface area contributed by atoms with Gasteiger partial charge in [-0.15, -0.1) is 0 Å². The van der Waals surface area contributed by atoms with Gasteiger partial charge in [0.05, 0.1) is 53.2 Å². The third-order valence-corrected chi connectivity index (χ3v) is 5.21. The number of hydrogen-bond acceptors (Lipinski definition) is 7. The molecule has 1 aromatic rings. The summed E-state index contributed by atoms with van der Waals surface area (Å²) >= 11 is 5.15. The van der Waals surface area contributed by atoms with Crippen LogP contribution in [0.2, 0.25) is 0 Å². The van der Waals surface area contributed by atoms with E-state index >= 15 is 0 Å². The number of halogens is 3. The second kappa shape index (κ2) is 14.8. The highest BCUT2D eigenvalue weighted by molar-refractivity contribution is 7.80. The highest BCUT2D eigenvalue weighted by atomic mass is 32.1. The minimum atomic E-state index is -4.77. The van der Waals surface area contributed by atoms with Gasteiger partial charge in [0, 0.05) is 19.6 Å².